The Bertz CT molecular complexity index is 624. The quantitative estimate of drug-likeness (QED) is 0.838. The van der Waals surface area contributed by atoms with E-state index in [-0.39, 0.29) is 18.4 Å². The van der Waals surface area contributed by atoms with E-state index in [4.69, 9.17) is 0 Å². The highest BCUT2D eigenvalue weighted by atomic mass is 32.2. The van der Waals surface area contributed by atoms with E-state index in [0.29, 0.717) is 13.0 Å². The maximum atomic E-state index is 12.3. The van der Waals surface area contributed by atoms with Gasteiger partial charge < -0.3 is 5.32 Å². The van der Waals surface area contributed by atoms with Gasteiger partial charge in [0.2, 0.25) is 15.9 Å². The molecule has 0 saturated carbocycles. The lowest BCUT2D eigenvalue weighted by Crippen LogP contribution is -2.38. The third kappa shape index (κ3) is 5.10. The predicted octanol–water partition coefficient (Wildman–Crippen LogP) is 2.73. The van der Waals surface area contributed by atoms with Crippen molar-refractivity contribution in [1.29, 1.82) is 0 Å². The minimum atomic E-state index is -3.38. The van der Waals surface area contributed by atoms with Crippen molar-refractivity contribution in [3.8, 4) is 0 Å². The molecule has 0 aromatic heterocycles. The highest BCUT2D eigenvalue weighted by molar-refractivity contribution is 7.88. The number of anilines is 1. The van der Waals surface area contributed by atoms with Gasteiger partial charge in [-0.1, -0.05) is 39.0 Å². The van der Waals surface area contributed by atoms with Gasteiger partial charge in [-0.15, -0.1) is 0 Å². The maximum Gasteiger partial charge on any atom is 0.239 e. The second-order valence-electron chi connectivity index (χ2n) is 5.84. The molecule has 0 spiro atoms. The summed E-state index contributed by atoms with van der Waals surface area (Å²) in [4.78, 5) is 12.3. The second kappa shape index (κ2) is 7.74. The number of sulfonamides is 1. The first-order chi connectivity index (χ1) is 10.2. The van der Waals surface area contributed by atoms with Gasteiger partial charge >= 0.3 is 0 Å². The Morgan fingerprint density at radius 2 is 1.95 bits per heavy atom. The Labute approximate surface area is 133 Å². The number of hydrogen-bond donors (Lipinski definition) is 1. The van der Waals surface area contributed by atoms with Crippen LogP contribution in [0.15, 0.2) is 18.2 Å². The third-order valence-electron chi connectivity index (χ3n) is 3.45. The lowest BCUT2D eigenvalue weighted by molar-refractivity contribution is -0.116. The molecule has 124 valence electrons. The molecule has 5 nitrogen and oxygen atoms in total. The Balaban J connectivity index is 2.94. The Morgan fingerprint density at radius 1 is 1.32 bits per heavy atom. The molecule has 0 aliphatic heterocycles. The summed E-state index contributed by atoms with van der Waals surface area (Å²) < 4.78 is 24.6. The minimum absolute atomic E-state index is 0.154. The lowest BCUT2D eigenvalue weighted by Gasteiger charge is -2.20. The van der Waals surface area contributed by atoms with Crippen molar-refractivity contribution in [3.63, 3.8) is 0 Å². The zero-order chi connectivity index (χ0) is 16.9. The van der Waals surface area contributed by atoms with Crippen molar-refractivity contribution in [2.45, 2.75) is 40.0 Å². The summed E-state index contributed by atoms with van der Waals surface area (Å²) >= 11 is 0. The van der Waals surface area contributed by atoms with Crippen molar-refractivity contribution in [3.05, 3.63) is 29.3 Å². The molecule has 0 radical (unpaired) electrons. The molecular weight excluding hydrogens is 300 g/mol. The van der Waals surface area contributed by atoms with Crippen LogP contribution in [-0.2, 0) is 14.8 Å². The first-order valence-electron chi connectivity index (χ1n) is 7.51. The minimum Gasteiger partial charge on any atom is -0.324 e. The molecule has 0 bridgehead atoms. The fourth-order valence-electron chi connectivity index (χ4n) is 2.29. The summed E-state index contributed by atoms with van der Waals surface area (Å²) in [7, 11) is -3.38. The summed E-state index contributed by atoms with van der Waals surface area (Å²) in [6, 6.07) is 5.87. The zero-order valence-electron chi connectivity index (χ0n) is 14.0. The molecule has 0 atom stereocenters. The number of para-hydroxylation sites is 1. The number of rotatable bonds is 7. The van der Waals surface area contributed by atoms with Gasteiger partial charge in [0.05, 0.1) is 12.8 Å². The second-order valence-corrected chi connectivity index (χ2v) is 7.82. The monoisotopic (exact) mass is 326 g/mol. The topological polar surface area (TPSA) is 66.5 Å². The van der Waals surface area contributed by atoms with Gasteiger partial charge in [-0.3, -0.25) is 4.79 Å². The fourth-order valence-corrected chi connectivity index (χ4v) is 3.16. The third-order valence-corrected chi connectivity index (χ3v) is 4.70. The molecule has 1 N–H and O–H groups in total. The number of hydrogen-bond acceptors (Lipinski definition) is 3. The van der Waals surface area contributed by atoms with E-state index in [1.807, 2.05) is 32.0 Å². The molecule has 0 unspecified atom stereocenters. The maximum absolute atomic E-state index is 12.3. The van der Waals surface area contributed by atoms with E-state index in [0.717, 1.165) is 23.1 Å². The summed E-state index contributed by atoms with van der Waals surface area (Å²) in [5.74, 6) is -0.0353. The zero-order valence-corrected chi connectivity index (χ0v) is 14.8. The van der Waals surface area contributed by atoms with Crippen LogP contribution in [0.4, 0.5) is 5.69 Å². The van der Waals surface area contributed by atoms with Crippen molar-refractivity contribution in [2.24, 2.45) is 0 Å². The van der Waals surface area contributed by atoms with E-state index in [2.05, 4.69) is 19.2 Å². The number of benzene rings is 1. The van der Waals surface area contributed by atoms with Gasteiger partial charge in [0.25, 0.3) is 0 Å². The van der Waals surface area contributed by atoms with Crippen LogP contribution >= 0.6 is 0 Å². The van der Waals surface area contributed by atoms with Crippen LogP contribution in [0.2, 0.25) is 0 Å². The number of amides is 1. The van der Waals surface area contributed by atoms with Crippen LogP contribution in [0, 0.1) is 6.92 Å². The van der Waals surface area contributed by atoms with E-state index in [1.54, 1.807) is 0 Å². The van der Waals surface area contributed by atoms with Crippen LogP contribution in [-0.4, -0.2) is 38.0 Å². The van der Waals surface area contributed by atoms with Crippen LogP contribution in [0.1, 0.15) is 44.2 Å². The molecule has 0 aliphatic carbocycles. The van der Waals surface area contributed by atoms with Crippen molar-refractivity contribution in [2.75, 3.05) is 24.7 Å². The largest absolute Gasteiger partial charge is 0.324 e. The van der Waals surface area contributed by atoms with Crippen LogP contribution in [0.5, 0.6) is 0 Å². The number of aryl methyl sites for hydroxylation is 1. The first kappa shape index (κ1) is 18.6. The van der Waals surface area contributed by atoms with Gasteiger partial charge in [0, 0.05) is 12.2 Å². The van der Waals surface area contributed by atoms with Crippen LogP contribution < -0.4 is 5.32 Å². The Kier molecular flexibility index (Phi) is 6.56. The van der Waals surface area contributed by atoms with Crippen molar-refractivity contribution in [1.82, 2.24) is 4.31 Å². The SMILES string of the molecule is CCCN(CC(=O)Nc1c(C)cccc1C(C)C)S(C)(=O)=O. The number of carbonyl (C=O) groups excluding carboxylic acids is 1. The van der Waals surface area contributed by atoms with Gasteiger partial charge in [-0.05, 0) is 30.4 Å². The number of nitrogens with zero attached hydrogens (tertiary/aromatic N) is 1. The smallest absolute Gasteiger partial charge is 0.239 e. The van der Waals surface area contributed by atoms with Crippen molar-refractivity contribution < 1.29 is 13.2 Å². The molecule has 0 saturated heterocycles. The van der Waals surface area contributed by atoms with E-state index < -0.39 is 10.0 Å². The number of nitrogens with one attached hydrogen (secondary N) is 1. The van der Waals surface area contributed by atoms with Crippen molar-refractivity contribution >= 4 is 21.6 Å². The van der Waals surface area contributed by atoms with E-state index in [9.17, 15) is 13.2 Å². The molecule has 1 amide bonds. The fraction of sp³-hybridized carbons (Fsp3) is 0.562. The molecule has 0 fully saturated rings. The summed E-state index contributed by atoms with van der Waals surface area (Å²) in [6.07, 6.45) is 1.80. The van der Waals surface area contributed by atoms with Gasteiger partial charge in [-0.25, -0.2) is 8.42 Å². The van der Waals surface area contributed by atoms with Gasteiger partial charge in [0.15, 0.2) is 0 Å². The van der Waals surface area contributed by atoms with Gasteiger partial charge in [-0.2, -0.15) is 4.31 Å². The summed E-state index contributed by atoms with van der Waals surface area (Å²) in [5.41, 5.74) is 2.81. The van der Waals surface area contributed by atoms with Crippen LogP contribution in [0.3, 0.4) is 0 Å². The Morgan fingerprint density at radius 3 is 2.45 bits per heavy atom. The molecular formula is C16H26N2O3S. The average Bonchev–Trinajstić information content (AvgIpc) is 2.39. The summed E-state index contributed by atoms with van der Waals surface area (Å²) in [5, 5.41) is 2.88. The highest BCUT2D eigenvalue weighted by Gasteiger charge is 2.20. The van der Waals surface area contributed by atoms with E-state index in [1.165, 1.54) is 4.31 Å². The Hall–Kier alpha value is -1.40. The first-order valence-corrected chi connectivity index (χ1v) is 9.36. The van der Waals surface area contributed by atoms with Crippen LogP contribution in [0.25, 0.3) is 0 Å². The predicted molar refractivity (Wildman–Crippen MR) is 90.6 cm³/mol. The molecule has 0 aliphatic rings. The van der Waals surface area contributed by atoms with E-state index >= 15 is 0 Å². The molecule has 1 rings (SSSR count). The molecule has 1 aromatic carbocycles. The lowest BCUT2D eigenvalue weighted by atomic mass is 9.98. The average molecular weight is 326 g/mol. The molecule has 0 heterocycles. The van der Waals surface area contributed by atoms with Gasteiger partial charge in [0.1, 0.15) is 0 Å². The summed E-state index contributed by atoms with van der Waals surface area (Å²) in [6.45, 7) is 8.13. The molecule has 6 heteroatoms. The highest BCUT2D eigenvalue weighted by Crippen LogP contribution is 2.27. The number of carbonyl (C=O) groups is 1. The normalized spacial score (nSPS) is 12.0. The molecule has 22 heavy (non-hydrogen) atoms. The standard InChI is InChI=1S/C16H26N2O3S/c1-6-10-18(22(5,20)21)11-15(19)17-16-13(4)8-7-9-14(16)12(2)3/h7-9,12H,6,10-11H2,1-5H3,(H,17,19). The molecule has 1 aromatic rings.